The van der Waals surface area contributed by atoms with E-state index in [0.29, 0.717) is 17.0 Å². The van der Waals surface area contributed by atoms with E-state index in [4.69, 9.17) is 16.3 Å². The highest BCUT2D eigenvalue weighted by molar-refractivity contribution is 6.35. The van der Waals surface area contributed by atoms with Crippen molar-refractivity contribution in [1.82, 2.24) is 4.57 Å². The van der Waals surface area contributed by atoms with Crippen molar-refractivity contribution in [3.05, 3.63) is 82.0 Å². The van der Waals surface area contributed by atoms with Gasteiger partial charge in [0.15, 0.2) is 6.23 Å². The molecule has 0 amide bonds. The number of hydrogen-bond donors (Lipinski definition) is 4. The summed E-state index contributed by atoms with van der Waals surface area (Å²) in [6.45, 7) is 3.59. The molecule has 2 heterocycles. The number of aromatic nitrogens is 1. The number of ether oxygens (including phenoxy) is 1. The molecule has 6 nitrogen and oxygen atoms in total. The second-order valence-corrected chi connectivity index (χ2v) is 9.64. The molecule has 1 saturated heterocycles. The van der Waals surface area contributed by atoms with Crippen molar-refractivity contribution < 1.29 is 25.2 Å². The summed E-state index contributed by atoms with van der Waals surface area (Å²) >= 11 is 6.63. The third kappa shape index (κ3) is 3.90. The lowest BCUT2D eigenvalue weighted by atomic mass is 9.98. The van der Waals surface area contributed by atoms with Crippen molar-refractivity contribution in [2.45, 2.75) is 50.9 Å². The lowest BCUT2D eigenvalue weighted by Crippen LogP contribution is -2.56. The lowest BCUT2D eigenvalue weighted by Gasteiger charge is -2.40. The number of aliphatic hydroxyl groups excluding tert-OH is 4. The summed E-state index contributed by atoms with van der Waals surface area (Å²) in [7, 11) is 0. The van der Waals surface area contributed by atoms with E-state index in [0.717, 1.165) is 27.5 Å². The van der Waals surface area contributed by atoms with E-state index in [9.17, 15) is 20.4 Å². The van der Waals surface area contributed by atoms with E-state index in [-0.39, 0.29) is 0 Å². The van der Waals surface area contributed by atoms with E-state index in [1.54, 1.807) is 10.6 Å². The molecule has 1 fully saturated rings. The molecule has 0 aliphatic carbocycles. The fraction of sp³-hybridized carbons (Fsp3) is 0.333. The Labute approximate surface area is 202 Å². The molecule has 4 aromatic rings. The molecule has 34 heavy (non-hydrogen) atoms. The highest BCUT2D eigenvalue weighted by Gasteiger charge is 2.44. The molecule has 0 bridgehead atoms. The molecule has 0 radical (unpaired) electrons. The van der Waals surface area contributed by atoms with Crippen molar-refractivity contribution >= 4 is 33.3 Å². The van der Waals surface area contributed by atoms with Gasteiger partial charge in [-0.25, -0.2) is 0 Å². The maximum absolute atomic E-state index is 10.8. The molecule has 5 rings (SSSR count). The van der Waals surface area contributed by atoms with Gasteiger partial charge in [-0.15, -0.1) is 0 Å². The van der Waals surface area contributed by atoms with E-state index in [2.05, 4.69) is 43.3 Å². The minimum Gasteiger partial charge on any atom is -0.394 e. The zero-order valence-corrected chi connectivity index (χ0v) is 19.8. The number of hydrogen-bond acceptors (Lipinski definition) is 5. The topological polar surface area (TPSA) is 95.1 Å². The fourth-order valence-electron chi connectivity index (χ4n) is 5.01. The largest absolute Gasteiger partial charge is 0.394 e. The van der Waals surface area contributed by atoms with Crippen LogP contribution in [0.5, 0.6) is 0 Å². The Kier molecular flexibility index (Phi) is 6.14. The molecule has 3 aromatic carbocycles. The summed E-state index contributed by atoms with van der Waals surface area (Å²) in [6, 6.07) is 16.5. The Morgan fingerprint density at radius 1 is 0.912 bits per heavy atom. The van der Waals surface area contributed by atoms with Gasteiger partial charge < -0.3 is 29.7 Å². The number of rotatable bonds is 4. The van der Waals surface area contributed by atoms with Crippen LogP contribution in [-0.4, -0.2) is 56.0 Å². The van der Waals surface area contributed by atoms with Crippen molar-refractivity contribution in [3.8, 4) is 0 Å². The fourth-order valence-corrected chi connectivity index (χ4v) is 5.27. The number of halogens is 1. The quantitative estimate of drug-likeness (QED) is 0.357. The molecule has 1 aromatic heterocycles. The molecular weight excluding hydrogens is 454 g/mol. The zero-order valence-electron chi connectivity index (χ0n) is 19.0. The molecule has 0 saturated carbocycles. The summed E-state index contributed by atoms with van der Waals surface area (Å²) in [6.07, 6.45) is -3.80. The number of fused-ring (bicyclic) bond motifs is 2. The standard InChI is InChI=1S/C27H28ClNO5/c1-14-3-6-18-10-16(5-7-17(18)9-14)11-19-12-29(23-20(28)8-4-15(2)22(19)23)27-26(33)25(32)24(31)21(13-30)34-27/h3-10,12,21,24-27,30-33H,11,13H2,1-2H3/t21-,24-,25+,26-,27-/m1/s1. The first kappa shape index (κ1) is 23.3. The maximum atomic E-state index is 10.8. The summed E-state index contributed by atoms with van der Waals surface area (Å²) in [4.78, 5) is 0. The van der Waals surface area contributed by atoms with E-state index in [1.165, 1.54) is 10.9 Å². The maximum Gasteiger partial charge on any atom is 0.163 e. The Hall–Kier alpha value is -2.45. The van der Waals surface area contributed by atoms with Crippen LogP contribution in [0.15, 0.2) is 54.7 Å². The molecule has 1 aliphatic heterocycles. The predicted molar refractivity (Wildman–Crippen MR) is 132 cm³/mol. The Bertz CT molecular complexity index is 1360. The van der Waals surface area contributed by atoms with Crippen LogP contribution in [0.4, 0.5) is 0 Å². The number of aryl methyl sites for hydroxylation is 2. The van der Waals surface area contributed by atoms with Crippen LogP contribution < -0.4 is 0 Å². The number of benzene rings is 3. The highest BCUT2D eigenvalue weighted by Crippen LogP contribution is 2.38. The van der Waals surface area contributed by atoms with Gasteiger partial charge in [-0.05, 0) is 53.8 Å². The molecule has 178 valence electrons. The normalized spacial score (nSPS) is 25.3. The Balaban J connectivity index is 1.61. The molecule has 0 unspecified atom stereocenters. The van der Waals surface area contributed by atoms with Crippen LogP contribution in [0, 0.1) is 13.8 Å². The molecular formula is C27H28ClNO5. The van der Waals surface area contributed by atoms with Gasteiger partial charge in [0.1, 0.15) is 24.4 Å². The van der Waals surface area contributed by atoms with Crippen LogP contribution in [0.2, 0.25) is 5.02 Å². The monoisotopic (exact) mass is 481 g/mol. The Morgan fingerprint density at radius 3 is 2.41 bits per heavy atom. The molecule has 1 aliphatic rings. The third-order valence-corrected chi connectivity index (χ3v) is 7.11. The first-order valence-electron chi connectivity index (χ1n) is 11.4. The van der Waals surface area contributed by atoms with Gasteiger partial charge >= 0.3 is 0 Å². The van der Waals surface area contributed by atoms with E-state index >= 15 is 0 Å². The van der Waals surface area contributed by atoms with Gasteiger partial charge in [0.2, 0.25) is 0 Å². The van der Waals surface area contributed by atoms with Gasteiger partial charge in [0, 0.05) is 11.6 Å². The van der Waals surface area contributed by atoms with Crippen molar-refractivity contribution in [2.24, 2.45) is 0 Å². The summed E-state index contributed by atoms with van der Waals surface area (Å²) in [5.41, 5.74) is 5.04. The smallest absolute Gasteiger partial charge is 0.163 e. The molecule has 4 N–H and O–H groups in total. The molecule has 7 heteroatoms. The van der Waals surface area contributed by atoms with Gasteiger partial charge in [-0.3, -0.25) is 0 Å². The SMILES string of the molecule is Cc1ccc2cc(Cc3cn([C@@H]4O[C@H](CO)[C@@H](O)[C@H](O)[C@H]4O)c4c(Cl)ccc(C)c34)ccc2c1. The van der Waals surface area contributed by atoms with Crippen molar-refractivity contribution in [1.29, 1.82) is 0 Å². The first-order valence-corrected chi connectivity index (χ1v) is 11.7. The average molecular weight is 482 g/mol. The number of aliphatic hydroxyl groups is 4. The van der Waals surface area contributed by atoms with Gasteiger partial charge in [-0.1, -0.05) is 59.6 Å². The van der Waals surface area contributed by atoms with E-state index < -0.39 is 37.3 Å². The zero-order chi connectivity index (χ0) is 24.1. The highest BCUT2D eigenvalue weighted by atomic mass is 35.5. The third-order valence-electron chi connectivity index (χ3n) is 6.81. The van der Waals surface area contributed by atoms with Crippen molar-refractivity contribution in [2.75, 3.05) is 6.61 Å². The van der Waals surface area contributed by atoms with Crippen LogP contribution in [0.25, 0.3) is 21.7 Å². The second kappa shape index (κ2) is 8.96. The van der Waals surface area contributed by atoms with Gasteiger partial charge in [-0.2, -0.15) is 0 Å². The second-order valence-electron chi connectivity index (χ2n) is 9.23. The van der Waals surface area contributed by atoms with Crippen LogP contribution in [-0.2, 0) is 11.2 Å². The van der Waals surface area contributed by atoms with E-state index in [1.807, 2.05) is 19.2 Å². The molecule has 0 spiro atoms. The van der Waals surface area contributed by atoms with Crippen LogP contribution in [0.1, 0.15) is 28.5 Å². The summed E-state index contributed by atoms with van der Waals surface area (Å²) < 4.78 is 7.56. The Morgan fingerprint density at radius 2 is 1.65 bits per heavy atom. The van der Waals surface area contributed by atoms with Gasteiger partial charge in [0.05, 0.1) is 17.1 Å². The minimum atomic E-state index is -1.47. The minimum absolute atomic E-state index is 0.484. The van der Waals surface area contributed by atoms with Crippen molar-refractivity contribution in [3.63, 3.8) is 0 Å². The predicted octanol–water partition coefficient (Wildman–Crippen LogP) is 3.63. The lowest BCUT2D eigenvalue weighted by molar-refractivity contribution is -0.250. The van der Waals surface area contributed by atoms with Crippen LogP contribution >= 0.6 is 11.6 Å². The first-order chi connectivity index (χ1) is 16.3. The number of nitrogens with zero attached hydrogens (tertiary/aromatic N) is 1. The average Bonchev–Trinajstić information content (AvgIpc) is 3.20. The molecule has 5 atom stereocenters. The summed E-state index contributed by atoms with van der Waals surface area (Å²) in [5, 5.41) is 44.7. The van der Waals surface area contributed by atoms with Crippen LogP contribution in [0.3, 0.4) is 0 Å². The summed E-state index contributed by atoms with van der Waals surface area (Å²) in [5.74, 6) is 0. The van der Waals surface area contributed by atoms with Gasteiger partial charge in [0.25, 0.3) is 0 Å².